The Balaban J connectivity index is 3.56. The first-order valence-electron chi connectivity index (χ1n) is 11.9. The molecule has 0 radical (unpaired) electrons. The highest BCUT2D eigenvalue weighted by molar-refractivity contribution is 6.95. The SMILES string of the molecule is CC[Si]1(C(C)OC(C)C)O[Si](CC)(C(C)OC(C)C)O[Si](CC)(C(C)OC(C)C)O1. The van der Waals surface area contributed by atoms with Crippen LogP contribution in [0.2, 0.25) is 18.1 Å². The maximum Gasteiger partial charge on any atom is 0.350 e. The van der Waals surface area contributed by atoms with Gasteiger partial charge in [-0.05, 0) is 80.4 Å². The quantitative estimate of drug-likeness (QED) is 0.344. The molecule has 30 heavy (non-hydrogen) atoms. The summed E-state index contributed by atoms with van der Waals surface area (Å²) in [6.07, 6.45) is 0.320. The van der Waals surface area contributed by atoms with Gasteiger partial charge in [0.05, 0.1) is 35.5 Å². The van der Waals surface area contributed by atoms with Gasteiger partial charge in [-0.25, -0.2) is 0 Å². The molecule has 180 valence electrons. The van der Waals surface area contributed by atoms with Gasteiger partial charge in [0.15, 0.2) is 0 Å². The molecule has 9 heteroatoms. The molecule has 0 saturated carbocycles. The Kier molecular flexibility index (Phi) is 10.9. The normalized spacial score (nSPS) is 33.3. The number of hydrogen-bond donors (Lipinski definition) is 0. The topological polar surface area (TPSA) is 55.4 Å². The van der Waals surface area contributed by atoms with Crippen molar-refractivity contribution in [2.45, 2.75) is 137 Å². The summed E-state index contributed by atoms with van der Waals surface area (Å²) in [6.45, 7) is 25.3. The minimum absolute atomic E-state index is 0.0965. The summed E-state index contributed by atoms with van der Waals surface area (Å²) in [5.74, 6) is 0. The van der Waals surface area contributed by atoms with Crippen LogP contribution in [0, 0.1) is 0 Å². The van der Waals surface area contributed by atoms with Crippen LogP contribution in [0.15, 0.2) is 0 Å². The summed E-state index contributed by atoms with van der Waals surface area (Å²) < 4.78 is 40.1. The van der Waals surface area contributed by atoms with E-state index in [0.29, 0.717) is 0 Å². The van der Waals surface area contributed by atoms with Gasteiger partial charge in [-0.3, -0.25) is 0 Å². The van der Waals surface area contributed by atoms with Gasteiger partial charge in [-0.2, -0.15) is 0 Å². The molecule has 0 spiro atoms. The molecule has 0 N–H and O–H groups in total. The van der Waals surface area contributed by atoms with E-state index in [0.717, 1.165) is 18.1 Å². The molecule has 1 aliphatic rings. The first-order valence-corrected chi connectivity index (χ1v) is 18.2. The van der Waals surface area contributed by atoms with Gasteiger partial charge < -0.3 is 26.6 Å². The maximum absolute atomic E-state index is 7.06. The van der Waals surface area contributed by atoms with E-state index in [4.69, 9.17) is 26.6 Å². The van der Waals surface area contributed by atoms with Crippen LogP contribution in [0.5, 0.6) is 0 Å². The lowest BCUT2D eigenvalue weighted by molar-refractivity contribution is -0.00538. The minimum Gasteiger partial charge on any atom is -0.412 e. The van der Waals surface area contributed by atoms with Crippen LogP contribution in [-0.4, -0.2) is 61.2 Å². The van der Waals surface area contributed by atoms with Gasteiger partial charge in [0.1, 0.15) is 0 Å². The van der Waals surface area contributed by atoms with E-state index in [-0.39, 0.29) is 35.5 Å². The molecule has 1 heterocycles. The molecule has 1 fully saturated rings. The summed E-state index contributed by atoms with van der Waals surface area (Å²) >= 11 is 0. The predicted molar refractivity (Wildman–Crippen MR) is 129 cm³/mol. The van der Waals surface area contributed by atoms with Crippen LogP contribution in [0.3, 0.4) is 0 Å². The third kappa shape index (κ3) is 6.48. The van der Waals surface area contributed by atoms with E-state index in [1.807, 2.05) is 0 Å². The van der Waals surface area contributed by atoms with Crippen molar-refractivity contribution in [1.82, 2.24) is 0 Å². The van der Waals surface area contributed by atoms with Gasteiger partial charge in [0, 0.05) is 0 Å². The van der Waals surface area contributed by atoms with Crippen molar-refractivity contribution < 1.29 is 26.6 Å². The second kappa shape index (κ2) is 11.5. The van der Waals surface area contributed by atoms with Crippen molar-refractivity contribution in [3.8, 4) is 0 Å². The van der Waals surface area contributed by atoms with E-state index < -0.39 is 25.7 Å². The van der Waals surface area contributed by atoms with Crippen molar-refractivity contribution in [1.29, 1.82) is 0 Å². The maximum atomic E-state index is 7.06. The molecular formula is C21H48O6Si3. The van der Waals surface area contributed by atoms with Crippen LogP contribution < -0.4 is 0 Å². The Morgan fingerprint density at radius 1 is 0.467 bits per heavy atom. The molecule has 0 aromatic heterocycles. The smallest absolute Gasteiger partial charge is 0.350 e. The molecule has 0 aromatic carbocycles. The van der Waals surface area contributed by atoms with Gasteiger partial charge in [-0.1, -0.05) is 20.8 Å². The van der Waals surface area contributed by atoms with Crippen molar-refractivity contribution in [2.75, 3.05) is 0 Å². The standard InChI is InChI=1S/C21H48O6Si3/c1-13-28(19(10)22-16(4)5)25-29(14-2,20(11)23-17(6)7)27-30(15-3,26-28)21(12)24-18(8)9/h16-21H,13-15H2,1-12H3. The zero-order valence-electron chi connectivity index (χ0n) is 21.5. The molecular weight excluding hydrogens is 432 g/mol. The fourth-order valence-electron chi connectivity index (χ4n) is 4.27. The summed E-state index contributed by atoms with van der Waals surface area (Å²) in [6, 6.07) is 2.45. The van der Waals surface area contributed by atoms with E-state index in [2.05, 4.69) is 83.1 Å². The van der Waals surface area contributed by atoms with Crippen molar-refractivity contribution in [3.05, 3.63) is 0 Å². The van der Waals surface area contributed by atoms with Crippen LogP contribution in [0.4, 0.5) is 0 Å². The first kappa shape index (κ1) is 28.4. The summed E-state index contributed by atoms with van der Waals surface area (Å²) in [5, 5.41) is 0. The molecule has 0 aromatic rings. The lowest BCUT2D eigenvalue weighted by Gasteiger charge is -2.57. The Morgan fingerprint density at radius 3 is 0.800 bits per heavy atom. The van der Waals surface area contributed by atoms with E-state index in [9.17, 15) is 0 Å². The zero-order valence-corrected chi connectivity index (χ0v) is 24.5. The predicted octanol–water partition coefficient (Wildman–Crippen LogP) is 5.49. The molecule has 0 aliphatic carbocycles. The molecule has 1 aliphatic heterocycles. The molecule has 1 rings (SSSR count). The van der Waals surface area contributed by atoms with Gasteiger partial charge >= 0.3 is 25.7 Å². The molecule has 3 unspecified atom stereocenters. The highest BCUT2D eigenvalue weighted by Gasteiger charge is 2.67. The monoisotopic (exact) mass is 480 g/mol. The third-order valence-corrected chi connectivity index (χ3v) is 21.2. The van der Waals surface area contributed by atoms with Gasteiger partial charge in [0.2, 0.25) is 0 Å². The summed E-state index contributed by atoms with van der Waals surface area (Å²) in [5.41, 5.74) is -0.290. The Labute approximate surface area is 189 Å². The second-order valence-corrected chi connectivity index (χ2v) is 21.2. The van der Waals surface area contributed by atoms with Crippen molar-refractivity contribution in [3.63, 3.8) is 0 Å². The van der Waals surface area contributed by atoms with E-state index >= 15 is 0 Å². The number of rotatable bonds is 12. The largest absolute Gasteiger partial charge is 0.412 e. The average molecular weight is 481 g/mol. The molecule has 0 amide bonds. The Bertz CT molecular complexity index is 440. The third-order valence-electron chi connectivity index (χ3n) is 5.80. The summed E-state index contributed by atoms with van der Waals surface area (Å²) in [4.78, 5) is 0. The van der Waals surface area contributed by atoms with Crippen LogP contribution in [0.25, 0.3) is 0 Å². The van der Waals surface area contributed by atoms with Crippen molar-refractivity contribution >= 4 is 25.7 Å². The molecule has 1 saturated heterocycles. The number of hydrogen-bond acceptors (Lipinski definition) is 6. The first-order chi connectivity index (χ1) is 13.8. The summed E-state index contributed by atoms with van der Waals surface area (Å²) in [7, 11) is -8.24. The lowest BCUT2D eigenvalue weighted by Crippen LogP contribution is -2.79. The van der Waals surface area contributed by atoms with Crippen LogP contribution >= 0.6 is 0 Å². The second-order valence-electron chi connectivity index (χ2n) is 9.28. The van der Waals surface area contributed by atoms with Gasteiger partial charge in [0.25, 0.3) is 0 Å². The van der Waals surface area contributed by atoms with Gasteiger partial charge in [-0.15, -0.1) is 0 Å². The Morgan fingerprint density at radius 2 is 0.667 bits per heavy atom. The van der Waals surface area contributed by atoms with Crippen molar-refractivity contribution in [2.24, 2.45) is 0 Å². The number of ether oxygens (including phenoxy) is 3. The zero-order chi connectivity index (χ0) is 23.3. The van der Waals surface area contributed by atoms with Crippen LogP contribution in [-0.2, 0) is 26.6 Å². The molecule has 3 atom stereocenters. The van der Waals surface area contributed by atoms with Crippen LogP contribution in [0.1, 0.15) is 83.1 Å². The molecule has 0 bridgehead atoms. The fraction of sp³-hybridized carbons (Fsp3) is 1.00. The molecule has 6 nitrogen and oxygen atoms in total. The average Bonchev–Trinajstić information content (AvgIpc) is 2.65. The highest BCUT2D eigenvalue weighted by atomic mass is 28.5. The Hall–Kier alpha value is 0.411. The fourth-order valence-corrected chi connectivity index (χ4v) is 23.5. The van der Waals surface area contributed by atoms with E-state index in [1.165, 1.54) is 0 Å². The highest BCUT2D eigenvalue weighted by Crippen LogP contribution is 2.43. The van der Waals surface area contributed by atoms with E-state index in [1.54, 1.807) is 0 Å². The minimum atomic E-state index is -2.75. The lowest BCUT2D eigenvalue weighted by atomic mass is 10.5.